The third kappa shape index (κ3) is 3.95. The van der Waals surface area contributed by atoms with Gasteiger partial charge in [-0.1, -0.05) is 12.1 Å². The van der Waals surface area contributed by atoms with Gasteiger partial charge in [0.2, 0.25) is 0 Å². The van der Waals surface area contributed by atoms with Crippen molar-refractivity contribution in [1.82, 2.24) is 9.97 Å². The Labute approximate surface area is 125 Å². The summed E-state index contributed by atoms with van der Waals surface area (Å²) in [5.41, 5.74) is 2.03. The fourth-order valence-electron chi connectivity index (χ4n) is 1.96. The molecule has 0 aliphatic heterocycles. The van der Waals surface area contributed by atoms with E-state index < -0.39 is 0 Å². The predicted octanol–water partition coefficient (Wildman–Crippen LogP) is 3.44. The monoisotopic (exact) mass is 284 g/mol. The first-order valence-electron chi connectivity index (χ1n) is 6.74. The number of rotatable bonds is 6. The van der Waals surface area contributed by atoms with Crippen molar-refractivity contribution in [1.29, 1.82) is 0 Å². The third-order valence-electron chi connectivity index (χ3n) is 2.88. The SMILES string of the molecule is C=CCNc1cc(Nc2cc(C)ccc2OC)nc(C)n1. The molecule has 0 radical (unpaired) electrons. The number of anilines is 3. The minimum absolute atomic E-state index is 0.656. The van der Waals surface area contributed by atoms with Gasteiger partial charge in [0.15, 0.2) is 0 Å². The van der Waals surface area contributed by atoms with Gasteiger partial charge >= 0.3 is 0 Å². The number of hydrogen-bond acceptors (Lipinski definition) is 5. The first-order valence-corrected chi connectivity index (χ1v) is 6.74. The fraction of sp³-hybridized carbons (Fsp3) is 0.250. The fourth-order valence-corrected chi connectivity index (χ4v) is 1.96. The van der Waals surface area contributed by atoms with Crippen LogP contribution in [0.2, 0.25) is 0 Å². The van der Waals surface area contributed by atoms with Gasteiger partial charge in [0.1, 0.15) is 23.2 Å². The Morgan fingerprint density at radius 2 is 1.95 bits per heavy atom. The molecule has 0 aliphatic carbocycles. The van der Waals surface area contributed by atoms with Crippen LogP contribution in [0.4, 0.5) is 17.3 Å². The van der Waals surface area contributed by atoms with Crippen molar-refractivity contribution >= 4 is 17.3 Å². The summed E-state index contributed by atoms with van der Waals surface area (Å²) in [6.45, 7) is 8.23. The van der Waals surface area contributed by atoms with Gasteiger partial charge in [0.25, 0.3) is 0 Å². The molecule has 2 N–H and O–H groups in total. The highest BCUT2D eigenvalue weighted by molar-refractivity contribution is 5.66. The van der Waals surface area contributed by atoms with Crippen LogP contribution in [0.25, 0.3) is 0 Å². The summed E-state index contributed by atoms with van der Waals surface area (Å²) in [6, 6.07) is 7.82. The van der Waals surface area contributed by atoms with E-state index in [1.165, 1.54) is 0 Å². The maximum atomic E-state index is 5.36. The normalized spacial score (nSPS) is 10.0. The Balaban J connectivity index is 2.28. The molecule has 0 unspecified atom stereocenters. The summed E-state index contributed by atoms with van der Waals surface area (Å²) in [4.78, 5) is 8.73. The molecule has 0 atom stereocenters. The quantitative estimate of drug-likeness (QED) is 0.796. The van der Waals surface area contributed by atoms with Crippen LogP contribution in [0.1, 0.15) is 11.4 Å². The zero-order chi connectivity index (χ0) is 15.2. The molecule has 0 aliphatic rings. The number of aryl methyl sites for hydroxylation is 2. The average molecular weight is 284 g/mol. The van der Waals surface area contributed by atoms with Gasteiger partial charge in [0, 0.05) is 12.6 Å². The van der Waals surface area contributed by atoms with Gasteiger partial charge in [-0.3, -0.25) is 0 Å². The molecule has 0 bridgehead atoms. The van der Waals surface area contributed by atoms with E-state index >= 15 is 0 Å². The van der Waals surface area contributed by atoms with Crippen LogP contribution in [-0.4, -0.2) is 23.6 Å². The van der Waals surface area contributed by atoms with Crippen LogP contribution in [0, 0.1) is 13.8 Å². The second-order valence-corrected chi connectivity index (χ2v) is 4.68. The standard InChI is InChI=1S/C16H20N4O/c1-5-8-17-15-10-16(19-12(3)18-15)20-13-9-11(2)6-7-14(13)21-4/h5-7,9-10H,1,8H2,2-4H3,(H2,17,18,19,20). The smallest absolute Gasteiger partial charge is 0.142 e. The topological polar surface area (TPSA) is 59.1 Å². The molecule has 0 fully saturated rings. The van der Waals surface area contributed by atoms with Crippen molar-refractivity contribution in [2.24, 2.45) is 0 Å². The molecule has 1 heterocycles. The maximum Gasteiger partial charge on any atom is 0.142 e. The largest absolute Gasteiger partial charge is 0.495 e. The lowest BCUT2D eigenvalue weighted by Gasteiger charge is -2.13. The molecule has 2 rings (SSSR count). The van der Waals surface area contributed by atoms with Crippen molar-refractivity contribution in [2.45, 2.75) is 13.8 Å². The Morgan fingerprint density at radius 3 is 2.67 bits per heavy atom. The van der Waals surface area contributed by atoms with Crippen LogP contribution < -0.4 is 15.4 Å². The summed E-state index contributed by atoms with van der Waals surface area (Å²) in [6.07, 6.45) is 1.79. The van der Waals surface area contributed by atoms with Crippen molar-refractivity contribution in [3.8, 4) is 5.75 Å². The first-order chi connectivity index (χ1) is 10.1. The maximum absolute atomic E-state index is 5.36. The highest BCUT2D eigenvalue weighted by atomic mass is 16.5. The number of hydrogen-bond donors (Lipinski definition) is 2. The molecule has 1 aromatic heterocycles. The summed E-state index contributed by atoms with van der Waals surface area (Å²) < 4.78 is 5.36. The first kappa shape index (κ1) is 14.8. The van der Waals surface area contributed by atoms with E-state index in [0.717, 1.165) is 28.6 Å². The second-order valence-electron chi connectivity index (χ2n) is 4.68. The lowest BCUT2D eigenvalue weighted by atomic mass is 10.2. The number of aromatic nitrogens is 2. The van der Waals surface area contributed by atoms with Crippen molar-refractivity contribution in [3.63, 3.8) is 0 Å². The van der Waals surface area contributed by atoms with Crippen LogP contribution in [0.5, 0.6) is 5.75 Å². The molecule has 5 nitrogen and oxygen atoms in total. The van der Waals surface area contributed by atoms with E-state index in [-0.39, 0.29) is 0 Å². The van der Waals surface area contributed by atoms with Crippen LogP contribution in [0.3, 0.4) is 0 Å². The average Bonchev–Trinajstić information content (AvgIpc) is 2.45. The van der Waals surface area contributed by atoms with Crippen LogP contribution in [0.15, 0.2) is 36.9 Å². The molecule has 0 amide bonds. The molecule has 2 aromatic rings. The van der Waals surface area contributed by atoms with E-state index in [9.17, 15) is 0 Å². The van der Waals surface area contributed by atoms with Gasteiger partial charge < -0.3 is 15.4 Å². The Kier molecular flexibility index (Phi) is 4.77. The van der Waals surface area contributed by atoms with Gasteiger partial charge in [-0.2, -0.15) is 0 Å². The van der Waals surface area contributed by atoms with Crippen molar-refractivity contribution in [2.75, 3.05) is 24.3 Å². The molecule has 0 spiro atoms. The predicted molar refractivity (Wildman–Crippen MR) is 86.5 cm³/mol. The van der Waals surface area contributed by atoms with Gasteiger partial charge in [0.05, 0.1) is 12.8 Å². The van der Waals surface area contributed by atoms with E-state index in [2.05, 4.69) is 27.2 Å². The number of methoxy groups -OCH3 is 1. The number of benzene rings is 1. The number of nitrogens with zero attached hydrogens (tertiary/aromatic N) is 2. The molecule has 110 valence electrons. The number of nitrogens with one attached hydrogen (secondary N) is 2. The van der Waals surface area contributed by atoms with Crippen molar-refractivity contribution < 1.29 is 4.74 Å². The summed E-state index contributed by atoms with van der Waals surface area (Å²) in [5.74, 6) is 2.95. The second kappa shape index (κ2) is 6.74. The molecule has 5 heteroatoms. The lowest BCUT2D eigenvalue weighted by molar-refractivity contribution is 0.416. The van der Waals surface area contributed by atoms with Gasteiger partial charge in [-0.05, 0) is 31.5 Å². The van der Waals surface area contributed by atoms with E-state index in [4.69, 9.17) is 4.74 Å². The molecule has 0 saturated heterocycles. The Morgan fingerprint density at radius 1 is 1.19 bits per heavy atom. The van der Waals surface area contributed by atoms with Gasteiger partial charge in [-0.15, -0.1) is 6.58 Å². The highest BCUT2D eigenvalue weighted by Gasteiger charge is 2.06. The third-order valence-corrected chi connectivity index (χ3v) is 2.88. The van der Waals surface area contributed by atoms with E-state index in [1.54, 1.807) is 13.2 Å². The Bertz CT molecular complexity index is 640. The lowest BCUT2D eigenvalue weighted by Crippen LogP contribution is -2.05. The summed E-state index contributed by atoms with van der Waals surface area (Å²) in [5, 5.41) is 6.44. The highest BCUT2D eigenvalue weighted by Crippen LogP contribution is 2.28. The zero-order valence-corrected chi connectivity index (χ0v) is 12.6. The minimum atomic E-state index is 0.656. The molecule has 0 saturated carbocycles. The summed E-state index contributed by atoms with van der Waals surface area (Å²) >= 11 is 0. The molecular weight excluding hydrogens is 264 g/mol. The minimum Gasteiger partial charge on any atom is -0.495 e. The van der Waals surface area contributed by atoms with Crippen LogP contribution >= 0.6 is 0 Å². The molecular formula is C16H20N4O. The van der Waals surface area contributed by atoms with Gasteiger partial charge in [-0.25, -0.2) is 9.97 Å². The molecule has 21 heavy (non-hydrogen) atoms. The van der Waals surface area contributed by atoms with Crippen LogP contribution in [-0.2, 0) is 0 Å². The molecule has 1 aromatic carbocycles. The number of ether oxygens (including phenoxy) is 1. The van der Waals surface area contributed by atoms with Crippen molar-refractivity contribution in [3.05, 3.63) is 48.3 Å². The Hall–Kier alpha value is -2.56. The zero-order valence-electron chi connectivity index (χ0n) is 12.6. The van der Waals surface area contributed by atoms with E-state index in [0.29, 0.717) is 12.4 Å². The summed E-state index contributed by atoms with van der Waals surface area (Å²) in [7, 11) is 1.65. The van der Waals surface area contributed by atoms with E-state index in [1.807, 2.05) is 38.1 Å².